The van der Waals surface area contributed by atoms with Crippen molar-refractivity contribution in [1.82, 2.24) is 0 Å². The van der Waals surface area contributed by atoms with E-state index in [0.29, 0.717) is 0 Å². The van der Waals surface area contributed by atoms with Gasteiger partial charge in [0, 0.05) is 19.5 Å². The second-order valence-electron chi connectivity index (χ2n) is 13.4. The van der Waals surface area contributed by atoms with Crippen molar-refractivity contribution in [3.8, 4) is 53.6 Å². The second kappa shape index (κ2) is 12.9. The van der Waals surface area contributed by atoms with Gasteiger partial charge in [0.15, 0.2) is 0 Å². The van der Waals surface area contributed by atoms with Gasteiger partial charge in [-0.25, -0.2) is 0 Å². The Morgan fingerprint density at radius 1 is 0.420 bits per heavy atom. The molecule has 240 valence electrons. The van der Waals surface area contributed by atoms with E-state index in [4.69, 9.17) is 0 Å². The molecule has 0 saturated heterocycles. The zero-order valence-electron chi connectivity index (χ0n) is 28.2. The minimum absolute atomic E-state index is 1.12. The topological polar surface area (TPSA) is 0 Å². The Hall–Kier alpha value is -5.28. The Bertz CT molecular complexity index is 2610. The molecule has 8 aromatic rings. The summed E-state index contributed by atoms with van der Waals surface area (Å²) in [5.74, 6) is 0. The lowest BCUT2D eigenvalue weighted by atomic mass is 9.84. The molecule has 0 bridgehead atoms. The molecule has 1 aliphatic rings. The maximum absolute atomic E-state index is 2.41. The van der Waals surface area contributed by atoms with Crippen molar-refractivity contribution in [1.29, 1.82) is 0 Å². The molecule has 0 aliphatic heterocycles. The molecule has 1 aliphatic carbocycles. The van der Waals surface area contributed by atoms with Crippen LogP contribution < -0.4 is 0 Å². The van der Waals surface area contributed by atoms with Crippen molar-refractivity contribution in [2.75, 3.05) is 0 Å². The molecule has 2 heteroatoms. The minimum atomic E-state index is 1.12. The number of allylic oxidation sites excluding steroid dienone is 4. The van der Waals surface area contributed by atoms with Crippen LogP contribution in [0.25, 0.3) is 80.7 Å². The average molecular weight is 677 g/mol. The quantitative estimate of drug-likeness (QED) is 0.154. The van der Waals surface area contributed by atoms with Gasteiger partial charge in [-0.3, -0.25) is 0 Å². The molecule has 2 aromatic heterocycles. The van der Waals surface area contributed by atoms with Crippen molar-refractivity contribution >= 4 is 49.8 Å². The lowest BCUT2D eigenvalue weighted by molar-refractivity contribution is 1.06. The molecular formula is C48H36S2. The van der Waals surface area contributed by atoms with Gasteiger partial charge in [0.05, 0.1) is 0 Å². The van der Waals surface area contributed by atoms with Gasteiger partial charge in [-0.05, 0) is 129 Å². The lowest BCUT2D eigenvalue weighted by Gasteiger charge is -2.19. The van der Waals surface area contributed by atoms with E-state index in [2.05, 4.69) is 172 Å². The van der Waals surface area contributed by atoms with Gasteiger partial charge < -0.3 is 0 Å². The predicted octanol–water partition coefficient (Wildman–Crippen LogP) is 14.8. The molecule has 50 heavy (non-hydrogen) atoms. The summed E-state index contributed by atoms with van der Waals surface area (Å²) < 4.78 is 0. The first kappa shape index (κ1) is 30.8. The minimum Gasteiger partial charge on any atom is -0.136 e. The van der Waals surface area contributed by atoms with Crippen molar-refractivity contribution < 1.29 is 0 Å². The first-order valence-electron chi connectivity index (χ1n) is 17.4. The summed E-state index contributed by atoms with van der Waals surface area (Å²) in [4.78, 5) is 5.27. The monoisotopic (exact) mass is 676 g/mol. The Balaban J connectivity index is 1.21. The summed E-state index contributed by atoms with van der Waals surface area (Å²) >= 11 is 3.76. The molecule has 0 saturated carbocycles. The fourth-order valence-corrected chi connectivity index (χ4v) is 9.52. The fourth-order valence-electron chi connectivity index (χ4n) is 7.46. The molecule has 0 amide bonds. The largest absolute Gasteiger partial charge is 0.136 e. The van der Waals surface area contributed by atoms with E-state index in [-0.39, 0.29) is 0 Å². The number of hydrogen-bond donors (Lipinski definition) is 0. The summed E-state index contributed by atoms with van der Waals surface area (Å²) in [6.45, 7) is 4.42. The van der Waals surface area contributed by atoms with Gasteiger partial charge in [0.2, 0.25) is 0 Å². The van der Waals surface area contributed by atoms with E-state index in [0.717, 1.165) is 12.8 Å². The van der Waals surface area contributed by atoms with Crippen LogP contribution in [-0.4, -0.2) is 0 Å². The van der Waals surface area contributed by atoms with Crippen LogP contribution in [0.5, 0.6) is 0 Å². The van der Waals surface area contributed by atoms with Gasteiger partial charge >= 0.3 is 0 Å². The van der Waals surface area contributed by atoms with Crippen LogP contribution in [0.2, 0.25) is 0 Å². The Kier molecular flexibility index (Phi) is 7.92. The zero-order valence-corrected chi connectivity index (χ0v) is 29.9. The van der Waals surface area contributed by atoms with Crippen molar-refractivity contribution in [2.45, 2.75) is 26.7 Å². The van der Waals surface area contributed by atoms with Gasteiger partial charge in [-0.1, -0.05) is 132 Å². The molecule has 0 nitrogen and oxygen atoms in total. The normalized spacial score (nSPS) is 12.9. The molecule has 6 aromatic carbocycles. The number of benzene rings is 6. The van der Waals surface area contributed by atoms with Crippen LogP contribution in [0.3, 0.4) is 0 Å². The highest BCUT2D eigenvalue weighted by molar-refractivity contribution is 7.18. The third-order valence-corrected chi connectivity index (χ3v) is 12.3. The third kappa shape index (κ3) is 5.65. The Labute approximate surface area is 302 Å². The highest BCUT2D eigenvalue weighted by Gasteiger charge is 2.19. The van der Waals surface area contributed by atoms with Crippen LogP contribution in [0, 0.1) is 13.8 Å². The van der Waals surface area contributed by atoms with Crippen molar-refractivity contribution in [3.63, 3.8) is 0 Å². The number of hydrogen-bond acceptors (Lipinski definition) is 2. The number of thiophene rings is 2. The van der Waals surface area contributed by atoms with Gasteiger partial charge in [0.1, 0.15) is 0 Å². The lowest BCUT2D eigenvalue weighted by Crippen LogP contribution is -1.93. The highest BCUT2D eigenvalue weighted by Crippen LogP contribution is 2.46. The first-order chi connectivity index (χ1) is 24.6. The molecule has 0 N–H and O–H groups in total. The van der Waals surface area contributed by atoms with Crippen molar-refractivity contribution in [3.05, 3.63) is 174 Å². The maximum Gasteiger partial charge on any atom is 0.0349 e. The highest BCUT2D eigenvalue weighted by atomic mass is 32.1. The smallest absolute Gasteiger partial charge is 0.0349 e. The van der Waals surface area contributed by atoms with Crippen LogP contribution >= 0.6 is 22.7 Å². The summed E-state index contributed by atoms with van der Waals surface area (Å²) in [7, 11) is 0. The predicted molar refractivity (Wildman–Crippen MR) is 220 cm³/mol. The first-order valence-corrected chi connectivity index (χ1v) is 19.0. The van der Waals surface area contributed by atoms with E-state index in [9.17, 15) is 0 Å². The van der Waals surface area contributed by atoms with E-state index in [1.165, 1.54) is 96.7 Å². The summed E-state index contributed by atoms with van der Waals surface area (Å²) in [5, 5.41) is 5.18. The SMILES string of the molecule is Cc1ccc2c(-c3cccc(-c4ccc(-c5ccccc5)s4)c3)c3cc(C)ccc3c(-c3cccc(-c4ccc(C5=CC=CCC5)s4)c3)c2c1. The maximum atomic E-state index is 2.41. The van der Waals surface area contributed by atoms with E-state index >= 15 is 0 Å². The Morgan fingerprint density at radius 2 is 0.920 bits per heavy atom. The standard InChI is InChI=1S/C48H36S2/c1-31-19-21-39-41(27-31)47(37-17-9-15-35(29-37)45-25-23-43(49-45)33-11-5-3-6-12-33)40-22-20-32(2)28-42(40)48(39)38-18-10-16-36(30-38)46-26-24-44(50-46)34-13-7-4-8-14-34/h3-7,9-13,15-30H,8,14H2,1-2H3. The Morgan fingerprint density at radius 3 is 1.48 bits per heavy atom. The molecule has 0 spiro atoms. The molecule has 2 heterocycles. The van der Waals surface area contributed by atoms with E-state index in [1.54, 1.807) is 0 Å². The van der Waals surface area contributed by atoms with Crippen LogP contribution in [0.15, 0.2) is 158 Å². The summed E-state index contributed by atoms with van der Waals surface area (Å²) in [5.41, 5.74) is 12.9. The van der Waals surface area contributed by atoms with Crippen molar-refractivity contribution in [2.24, 2.45) is 0 Å². The van der Waals surface area contributed by atoms with Gasteiger partial charge in [0.25, 0.3) is 0 Å². The van der Waals surface area contributed by atoms with Crippen LogP contribution in [0.1, 0.15) is 28.8 Å². The number of fused-ring (bicyclic) bond motifs is 2. The molecule has 9 rings (SSSR count). The van der Waals surface area contributed by atoms with Gasteiger partial charge in [-0.15, -0.1) is 22.7 Å². The van der Waals surface area contributed by atoms with Crippen LogP contribution in [-0.2, 0) is 0 Å². The summed E-state index contributed by atoms with van der Waals surface area (Å²) in [6.07, 6.45) is 8.97. The molecule has 0 unspecified atom stereocenters. The molecule has 0 fully saturated rings. The number of aryl methyl sites for hydroxylation is 2. The molecular weight excluding hydrogens is 641 g/mol. The van der Waals surface area contributed by atoms with E-state index < -0.39 is 0 Å². The van der Waals surface area contributed by atoms with Gasteiger partial charge in [-0.2, -0.15) is 0 Å². The summed E-state index contributed by atoms with van der Waals surface area (Å²) in [6, 6.07) is 52.2. The molecule has 0 radical (unpaired) electrons. The average Bonchev–Trinajstić information content (AvgIpc) is 3.87. The van der Waals surface area contributed by atoms with Crippen LogP contribution in [0.4, 0.5) is 0 Å². The second-order valence-corrected chi connectivity index (χ2v) is 15.5. The fraction of sp³-hybridized carbons (Fsp3) is 0.0833. The number of rotatable bonds is 6. The third-order valence-electron chi connectivity index (χ3n) is 9.90. The zero-order chi connectivity index (χ0) is 33.6. The van der Waals surface area contributed by atoms with E-state index in [1.807, 2.05) is 22.7 Å². The molecule has 0 atom stereocenters.